The van der Waals surface area contributed by atoms with Crippen LogP contribution in [-0.2, 0) is 14.8 Å². The molecular formula is C19H23ClN2O5S. The van der Waals surface area contributed by atoms with Crippen LogP contribution in [0.3, 0.4) is 0 Å². The first-order valence-electron chi connectivity index (χ1n) is 8.41. The molecular weight excluding hydrogens is 404 g/mol. The van der Waals surface area contributed by atoms with Crippen molar-refractivity contribution < 1.29 is 22.7 Å². The zero-order chi connectivity index (χ0) is 20.9. The van der Waals surface area contributed by atoms with Gasteiger partial charge in [-0.3, -0.25) is 9.10 Å². The number of sulfonamides is 1. The van der Waals surface area contributed by atoms with E-state index in [2.05, 4.69) is 5.32 Å². The molecule has 0 saturated heterocycles. The summed E-state index contributed by atoms with van der Waals surface area (Å²) in [6.45, 7) is 1.41. The summed E-state index contributed by atoms with van der Waals surface area (Å²) in [7, 11) is -0.706. The number of rotatable bonds is 8. The minimum absolute atomic E-state index is 0.247. The lowest BCUT2D eigenvalue weighted by Gasteiger charge is -2.24. The van der Waals surface area contributed by atoms with E-state index < -0.39 is 15.9 Å². The van der Waals surface area contributed by atoms with Gasteiger partial charge in [-0.1, -0.05) is 29.8 Å². The fourth-order valence-corrected chi connectivity index (χ4v) is 3.83. The van der Waals surface area contributed by atoms with Gasteiger partial charge in [0.1, 0.15) is 18.0 Å². The minimum atomic E-state index is -3.71. The fraction of sp³-hybridized carbons (Fsp3) is 0.316. The SMILES string of the molecule is COc1ccc(N(CC(=O)N[C@H](C)c2ccccc2OC)S(C)(=O)=O)cc1Cl. The van der Waals surface area contributed by atoms with Gasteiger partial charge >= 0.3 is 0 Å². The van der Waals surface area contributed by atoms with Crippen molar-refractivity contribution in [1.29, 1.82) is 0 Å². The molecule has 2 aromatic carbocycles. The molecule has 1 amide bonds. The molecule has 0 saturated carbocycles. The Bertz CT molecular complexity index is 949. The summed E-state index contributed by atoms with van der Waals surface area (Å²) in [6.07, 6.45) is 1.03. The smallest absolute Gasteiger partial charge is 0.241 e. The number of para-hydroxylation sites is 1. The highest BCUT2D eigenvalue weighted by Gasteiger charge is 2.23. The van der Waals surface area contributed by atoms with Crippen LogP contribution in [0.15, 0.2) is 42.5 Å². The maximum absolute atomic E-state index is 12.5. The van der Waals surface area contributed by atoms with Gasteiger partial charge in [0.25, 0.3) is 0 Å². The average Bonchev–Trinajstić information content (AvgIpc) is 2.65. The maximum Gasteiger partial charge on any atom is 0.241 e. The average molecular weight is 427 g/mol. The maximum atomic E-state index is 12.5. The predicted molar refractivity (Wildman–Crippen MR) is 110 cm³/mol. The number of nitrogens with one attached hydrogen (secondary N) is 1. The quantitative estimate of drug-likeness (QED) is 0.701. The Labute approximate surface area is 170 Å². The van der Waals surface area contributed by atoms with Crippen LogP contribution in [0.4, 0.5) is 5.69 Å². The number of amides is 1. The van der Waals surface area contributed by atoms with Gasteiger partial charge in [-0.25, -0.2) is 8.42 Å². The molecule has 2 aromatic rings. The summed E-state index contributed by atoms with van der Waals surface area (Å²) in [4.78, 5) is 12.5. The molecule has 152 valence electrons. The molecule has 1 atom stereocenters. The molecule has 1 N–H and O–H groups in total. The lowest BCUT2D eigenvalue weighted by atomic mass is 10.1. The molecule has 9 heteroatoms. The number of hydrogen-bond donors (Lipinski definition) is 1. The molecule has 0 unspecified atom stereocenters. The van der Waals surface area contributed by atoms with Gasteiger partial charge in [-0.05, 0) is 31.2 Å². The van der Waals surface area contributed by atoms with Gasteiger partial charge in [0.15, 0.2) is 0 Å². The largest absolute Gasteiger partial charge is 0.496 e. The highest BCUT2D eigenvalue weighted by atomic mass is 35.5. The number of halogens is 1. The van der Waals surface area contributed by atoms with Crippen molar-refractivity contribution in [2.45, 2.75) is 13.0 Å². The molecule has 0 bridgehead atoms. The Hall–Kier alpha value is -2.45. The first-order valence-corrected chi connectivity index (χ1v) is 10.6. The van der Waals surface area contributed by atoms with Crippen molar-refractivity contribution in [3.8, 4) is 11.5 Å². The molecule has 7 nitrogen and oxygen atoms in total. The molecule has 0 aliphatic carbocycles. The molecule has 28 heavy (non-hydrogen) atoms. The molecule has 0 aromatic heterocycles. The second kappa shape index (κ2) is 9.16. The van der Waals surface area contributed by atoms with Gasteiger partial charge in [0.05, 0.1) is 37.2 Å². The summed E-state index contributed by atoms with van der Waals surface area (Å²) in [6, 6.07) is 11.4. The normalized spacial score (nSPS) is 12.2. The molecule has 0 aliphatic heterocycles. The Balaban J connectivity index is 2.21. The minimum Gasteiger partial charge on any atom is -0.496 e. The first-order chi connectivity index (χ1) is 13.2. The van der Waals surface area contributed by atoms with E-state index in [-0.39, 0.29) is 23.3 Å². The highest BCUT2D eigenvalue weighted by Crippen LogP contribution is 2.30. The van der Waals surface area contributed by atoms with Crippen LogP contribution in [0.5, 0.6) is 11.5 Å². The van der Waals surface area contributed by atoms with Crippen molar-refractivity contribution in [3.05, 3.63) is 53.1 Å². The van der Waals surface area contributed by atoms with Gasteiger partial charge in [0, 0.05) is 5.56 Å². The third-order valence-corrected chi connectivity index (χ3v) is 5.53. The number of anilines is 1. The topological polar surface area (TPSA) is 84.9 Å². The predicted octanol–water partition coefficient (Wildman–Crippen LogP) is 3.00. The molecule has 2 rings (SSSR count). The summed E-state index contributed by atoms with van der Waals surface area (Å²) < 4.78 is 35.9. The standard InChI is InChI=1S/C19H23ClN2O5S/c1-13(15-7-5-6-8-17(15)26-2)21-19(23)12-22(28(4,24)25)14-9-10-18(27-3)16(20)11-14/h5-11,13H,12H2,1-4H3,(H,21,23)/t13-/m1/s1. The zero-order valence-corrected chi connectivity index (χ0v) is 17.7. The molecule has 0 heterocycles. The lowest BCUT2D eigenvalue weighted by Crippen LogP contribution is -2.41. The number of hydrogen-bond acceptors (Lipinski definition) is 5. The lowest BCUT2D eigenvalue weighted by molar-refractivity contribution is -0.120. The van der Waals surface area contributed by atoms with E-state index in [0.717, 1.165) is 16.1 Å². The Morgan fingerprint density at radius 2 is 1.79 bits per heavy atom. The van der Waals surface area contributed by atoms with Gasteiger partial charge in [-0.15, -0.1) is 0 Å². The summed E-state index contributed by atoms with van der Waals surface area (Å²) >= 11 is 6.10. The Morgan fingerprint density at radius 1 is 1.14 bits per heavy atom. The fourth-order valence-electron chi connectivity index (χ4n) is 2.73. The van der Waals surface area contributed by atoms with Crippen molar-refractivity contribution in [2.24, 2.45) is 0 Å². The molecule has 0 aliphatic rings. The molecule has 0 spiro atoms. The monoisotopic (exact) mass is 426 g/mol. The number of carbonyl (C=O) groups is 1. The number of benzene rings is 2. The summed E-state index contributed by atoms with van der Waals surface area (Å²) in [5.74, 6) is 0.584. The van der Waals surface area contributed by atoms with Crippen LogP contribution >= 0.6 is 11.6 Å². The molecule has 0 radical (unpaired) electrons. The molecule has 0 fully saturated rings. The van der Waals surface area contributed by atoms with Crippen LogP contribution in [0.1, 0.15) is 18.5 Å². The number of carbonyl (C=O) groups excluding carboxylic acids is 1. The van der Waals surface area contributed by atoms with E-state index in [9.17, 15) is 13.2 Å². The summed E-state index contributed by atoms with van der Waals surface area (Å²) in [5, 5.41) is 3.04. The highest BCUT2D eigenvalue weighted by molar-refractivity contribution is 7.92. The zero-order valence-electron chi connectivity index (χ0n) is 16.1. The Kier molecular flexibility index (Phi) is 7.15. The third kappa shape index (κ3) is 5.30. The number of methoxy groups -OCH3 is 2. The third-order valence-electron chi connectivity index (χ3n) is 4.09. The van der Waals surface area contributed by atoms with Crippen molar-refractivity contribution >= 4 is 33.2 Å². The Morgan fingerprint density at radius 3 is 2.36 bits per heavy atom. The van der Waals surface area contributed by atoms with E-state index >= 15 is 0 Å². The van der Waals surface area contributed by atoms with Gasteiger partial charge in [-0.2, -0.15) is 0 Å². The summed E-state index contributed by atoms with van der Waals surface area (Å²) in [5.41, 5.74) is 1.06. The first kappa shape index (κ1) is 21.8. The van der Waals surface area contributed by atoms with E-state index in [1.54, 1.807) is 26.2 Å². The van der Waals surface area contributed by atoms with E-state index in [4.69, 9.17) is 21.1 Å². The van der Waals surface area contributed by atoms with Crippen molar-refractivity contribution in [2.75, 3.05) is 31.3 Å². The number of nitrogens with zero attached hydrogens (tertiary/aromatic N) is 1. The number of ether oxygens (including phenoxy) is 2. The van der Waals surface area contributed by atoms with Crippen LogP contribution in [0, 0.1) is 0 Å². The van der Waals surface area contributed by atoms with Crippen LogP contribution < -0.4 is 19.1 Å². The van der Waals surface area contributed by atoms with E-state index in [1.165, 1.54) is 19.2 Å². The van der Waals surface area contributed by atoms with Crippen LogP contribution in [-0.4, -0.2) is 41.3 Å². The van der Waals surface area contributed by atoms with Crippen molar-refractivity contribution in [1.82, 2.24) is 5.32 Å². The second-order valence-electron chi connectivity index (χ2n) is 6.12. The van der Waals surface area contributed by atoms with E-state index in [1.807, 2.05) is 18.2 Å². The van der Waals surface area contributed by atoms with Gasteiger partial charge < -0.3 is 14.8 Å². The second-order valence-corrected chi connectivity index (χ2v) is 8.43. The van der Waals surface area contributed by atoms with Crippen LogP contribution in [0.25, 0.3) is 0 Å². The van der Waals surface area contributed by atoms with E-state index in [0.29, 0.717) is 11.5 Å². The van der Waals surface area contributed by atoms with Crippen molar-refractivity contribution in [3.63, 3.8) is 0 Å². The van der Waals surface area contributed by atoms with Crippen LogP contribution in [0.2, 0.25) is 5.02 Å². The van der Waals surface area contributed by atoms with Gasteiger partial charge in [0.2, 0.25) is 15.9 Å².